The summed E-state index contributed by atoms with van der Waals surface area (Å²) in [4.78, 5) is 11.3. The quantitative estimate of drug-likeness (QED) is 0.753. The van der Waals surface area contributed by atoms with Crippen molar-refractivity contribution in [2.45, 2.75) is 6.04 Å². The van der Waals surface area contributed by atoms with Gasteiger partial charge in [0.05, 0.1) is 0 Å². The van der Waals surface area contributed by atoms with Crippen LogP contribution < -0.4 is 16.4 Å². The molecule has 0 spiro atoms. The molecule has 2 aromatic rings. The van der Waals surface area contributed by atoms with Gasteiger partial charge in [0.2, 0.25) is 0 Å². The molecule has 1 unspecified atom stereocenters. The third-order valence-electron chi connectivity index (χ3n) is 2.86. The van der Waals surface area contributed by atoms with Crippen LogP contribution in [0.2, 0.25) is 0 Å². The number of nitrogens with zero attached hydrogens (tertiary/aromatic N) is 2. The SMILES string of the molecule is CNC(=O)c1ccc(NCC(N)c2ccccc2)nn1. The summed E-state index contributed by atoms with van der Waals surface area (Å²) < 4.78 is 0. The molecule has 0 aliphatic heterocycles. The van der Waals surface area contributed by atoms with Crippen molar-refractivity contribution < 1.29 is 4.79 Å². The third-order valence-corrected chi connectivity index (χ3v) is 2.86. The van der Waals surface area contributed by atoms with Crippen LogP contribution in [-0.2, 0) is 0 Å². The number of benzene rings is 1. The minimum absolute atomic E-state index is 0.128. The number of anilines is 1. The predicted molar refractivity (Wildman–Crippen MR) is 77.3 cm³/mol. The molecule has 20 heavy (non-hydrogen) atoms. The Morgan fingerprint density at radius 1 is 1.20 bits per heavy atom. The number of amides is 1. The lowest BCUT2D eigenvalue weighted by molar-refractivity contribution is 0.0957. The third kappa shape index (κ3) is 3.52. The van der Waals surface area contributed by atoms with E-state index in [0.717, 1.165) is 5.56 Å². The molecule has 1 atom stereocenters. The molecule has 2 rings (SSSR count). The van der Waals surface area contributed by atoms with E-state index in [9.17, 15) is 4.79 Å². The zero-order valence-electron chi connectivity index (χ0n) is 11.2. The first-order valence-corrected chi connectivity index (χ1v) is 6.31. The summed E-state index contributed by atoms with van der Waals surface area (Å²) in [5.41, 5.74) is 7.40. The van der Waals surface area contributed by atoms with E-state index in [1.54, 1.807) is 19.2 Å². The maximum Gasteiger partial charge on any atom is 0.271 e. The number of carbonyl (C=O) groups excluding carboxylic acids is 1. The number of carbonyl (C=O) groups is 1. The maximum absolute atomic E-state index is 11.3. The van der Waals surface area contributed by atoms with E-state index in [-0.39, 0.29) is 17.6 Å². The van der Waals surface area contributed by atoms with Crippen LogP contribution in [-0.4, -0.2) is 29.7 Å². The van der Waals surface area contributed by atoms with Crippen molar-refractivity contribution in [3.63, 3.8) is 0 Å². The van der Waals surface area contributed by atoms with Crippen molar-refractivity contribution in [2.24, 2.45) is 5.73 Å². The Labute approximate surface area is 117 Å². The van der Waals surface area contributed by atoms with Crippen LogP contribution in [0.1, 0.15) is 22.1 Å². The number of hydrogen-bond acceptors (Lipinski definition) is 5. The number of hydrogen-bond donors (Lipinski definition) is 3. The number of rotatable bonds is 5. The molecular formula is C14H17N5O. The fourth-order valence-corrected chi connectivity index (χ4v) is 1.71. The second-order valence-corrected chi connectivity index (χ2v) is 4.28. The normalized spacial score (nSPS) is 11.7. The molecule has 0 aliphatic rings. The molecule has 0 bridgehead atoms. The van der Waals surface area contributed by atoms with Crippen LogP contribution in [0.25, 0.3) is 0 Å². The molecule has 0 saturated heterocycles. The molecule has 6 heteroatoms. The van der Waals surface area contributed by atoms with Crippen molar-refractivity contribution >= 4 is 11.7 Å². The molecule has 104 valence electrons. The standard InChI is InChI=1S/C14H17N5O/c1-16-14(20)12-7-8-13(19-18-12)17-9-11(15)10-5-3-2-4-6-10/h2-8,11H,9,15H2,1H3,(H,16,20)(H,17,19). The van der Waals surface area contributed by atoms with Gasteiger partial charge < -0.3 is 16.4 Å². The van der Waals surface area contributed by atoms with Gasteiger partial charge in [0.25, 0.3) is 5.91 Å². The van der Waals surface area contributed by atoms with Crippen LogP contribution in [0.5, 0.6) is 0 Å². The highest BCUT2D eigenvalue weighted by Crippen LogP contribution is 2.10. The lowest BCUT2D eigenvalue weighted by Crippen LogP contribution is -2.22. The number of nitrogens with one attached hydrogen (secondary N) is 2. The van der Waals surface area contributed by atoms with E-state index in [4.69, 9.17) is 5.73 Å². The topological polar surface area (TPSA) is 92.9 Å². The summed E-state index contributed by atoms with van der Waals surface area (Å²) in [6.45, 7) is 0.540. The molecule has 0 aliphatic carbocycles. The molecule has 4 N–H and O–H groups in total. The average molecular weight is 271 g/mol. The molecule has 0 fully saturated rings. The predicted octanol–water partition coefficient (Wildman–Crippen LogP) is 0.948. The fourth-order valence-electron chi connectivity index (χ4n) is 1.71. The van der Waals surface area contributed by atoms with Gasteiger partial charge in [-0.3, -0.25) is 4.79 Å². The van der Waals surface area contributed by atoms with Crippen molar-refractivity contribution in [3.8, 4) is 0 Å². The molecule has 1 heterocycles. The molecule has 6 nitrogen and oxygen atoms in total. The summed E-state index contributed by atoms with van der Waals surface area (Å²) in [7, 11) is 1.55. The van der Waals surface area contributed by atoms with Crippen molar-refractivity contribution in [1.82, 2.24) is 15.5 Å². The Bertz CT molecular complexity index is 556. The summed E-state index contributed by atoms with van der Waals surface area (Å²) in [6, 6.07) is 13.0. The first-order chi connectivity index (χ1) is 9.70. The van der Waals surface area contributed by atoms with Crippen LogP contribution in [0.15, 0.2) is 42.5 Å². The summed E-state index contributed by atoms with van der Waals surface area (Å²) in [5, 5.41) is 13.4. The second-order valence-electron chi connectivity index (χ2n) is 4.28. The van der Waals surface area contributed by atoms with Crippen LogP contribution in [0.3, 0.4) is 0 Å². The largest absolute Gasteiger partial charge is 0.367 e. The second kappa shape index (κ2) is 6.63. The molecular weight excluding hydrogens is 254 g/mol. The van der Waals surface area contributed by atoms with E-state index in [1.165, 1.54) is 0 Å². The lowest BCUT2D eigenvalue weighted by Gasteiger charge is -2.13. The van der Waals surface area contributed by atoms with Crippen molar-refractivity contribution in [2.75, 3.05) is 18.9 Å². The zero-order chi connectivity index (χ0) is 14.4. The minimum atomic E-state index is -0.259. The van der Waals surface area contributed by atoms with Crippen LogP contribution >= 0.6 is 0 Å². The van der Waals surface area contributed by atoms with E-state index < -0.39 is 0 Å². The van der Waals surface area contributed by atoms with Crippen LogP contribution in [0.4, 0.5) is 5.82 Å². The Morgan fingerprint density at radius 2 is 1.95 bits per heavy atom. The zero-order valence-corrected chi connectivity index (χ0v) is 11.2. The first-order valence-electron chi connectivity index (χ1n) is 6.31. The highest BCUT2D eigenvalue weighted by atomic mass is 16.1. The van der Waals surface area contributed by atoms with Gasteiger partial charge in [0, 0.05) is 19.6 Å². The van der Waals surface area contributed by atoms with Gasteiger partial charge in [0.15, 0.2) is 5.69 Å². The van der Waals surface area contributed by atoms with E-state index in [1.807, 2.05) is 30.3 Å². The average Bonchev–Trinajstić information content (AvgIpc) is 2.53. The summed E-state index contributed by atoms with van der Waals surface area (Å²) in [6.07, 6.45) is 0. The molecule has 1 amide bonds. The smallest absolute Gasteiger partial charge is 0.271 e. The highest BCUT2D eigenvalue weighted by Gasteiger charge is 2.07. The maximum atomic E-state index is 11.3. The molecule has 1 aromatic heterocycles. The van der Waals surface area contributed by atoms with E-state index in [0.29, 0.717) is 12.4 Å². The van der Waals surface area contributed by atoms with Gasteiger partial charge in [-0.1, -0.05) is 30.3 Å². The molecule has 1 aromatic carbocycles. The van der Waals surface area contributed by atoms with Gasteiger partial charge >= 0.3 is 0 Å². The highest BCUT2D eigenvalue weighted by molar-refractivity contribution is 5.91. The molecule has 0 saturated carbocycles. The van der Waals surface area contributed by atoms with E-state index >= 15 is 0 Å². The molecule has 0 radical (unpaired) electrons. The summed E-state index contributed by atoms with van der Waals surface area (Å²) in [5.74, 6) is 0.328. The van der Waals surface area contributed by atoms with Gasteiger partial charge in [-0.15, -0.1) is 10.2 Å². The van der Waals surface area contributed by atoms with Gasteiger partial charge in [-0.05, 0) is 17.7 Å². The Kier molecular flexibility index (Phi) is 4.62. The Hall–Kier alpha value is -2.47. The number of nitrogens with two attached hydrogens (primary N) is 1. The van der Waals surface area contributed by atoms with Crippen molar-refractivity contribution in [1.29, 1.82) is 0 Å². The lowest BCUT2D eigenvalue weighted by atomic mass is 10.1. The monoisotopic (exact) mass is 271 g/mol. The Morgan fingerprint density at radius 3 is 2.55 bits per heavy atom. The number of aromatic nitrogens is 2. The van der Waals surface area contributed by atoms with Gasteiger partial charge in [-0.2, -0.15) is 0 Å². The van der Waals surface area contributed by atoms with Gasteiger partial charge in [-0.25, -0.2) is 0 Å². The minimum Gasteiger partial charge on any atom is -0.367 e. The first kappa shape index (κ1) is 14.0. The van der Waals surface area contributed by atoms with Crippen molar-refractivity contribution in [3.05, 3.63) is 53.7 Å². The van der Waals surface area contributed by atoms with Gasteiger partial charge in [0.1, 0.15) is 5.82 Å². The van der Waals surface area contributed by atoms with E-state index in [2.05, 4.69) is 20.8 Å². The fraction of sp³-hybridized carbons (Fsp3) is 0.214. The van der Waals surface area contributed by atoms with Crippen LogP contribution in [0, 0.1) is 0 Å². The summed E-state index contributed by atoms with van der Waals surface area (Å²) >= 11 is 0. The Balaban J connectivity index is 1.93.